The van der Waals surface area contributed by atoms with Gasteiger partial charge in [-0.2, -0.15) is 0 Å². The summed E-state index contributed by atoms with van der Waals surface area (Å²) in [7, 11) is 0. The molecule has 4 rings (SSSR count). The molecule has 4 nitrogen and oxygen atoms in total. The molecule has 7 heteroatoms. The number of ether oxygens (including phenoxy) is 1. The van der Waals surface area contributed by atoms with Gasteiger partial charge >= 0.3 is 0 Å². The summed E-state index contributed by atoms with van der Waals surface area (Å²) in [6.07, 6.45) is 4.13. The van der Waals surface area contributed by atoms with Crippen molar-refractivity contribution in [2.24, 2.45) is 17.1 Å². The Balaban J connectivity index is 1.57. The van der Waals surface area contributed by atoms with E-state index < -0.39 is 40.6 Å². The monoisotopic (exact) mass is 390 g/mol. The van der Waals surface area contributed by atoms with Crippen molar-refractivity contribution in [3.8, 4) is 5.75 Å². The molecule has 2 N–H and O–H groups in total. The van der Waals surface area contributed by atoms with Crippen molar-refractivity contribution in [2.75, 3.05) is 6.61 Å². The molecule has 2 saturated carbocycles. The van der Waals surface area contributed by atoms with E-state index >= 15 is 0 Å². The molecule has 148 valence electrons. The number of nitrogens with zero attached hydrogens (tertiary/aromatic N) is 1. The minimum atomic E-state index is -1.16. The number of benzene rings is 1. The Morgan fingerprint density at radius 1 is 1.29 bits per heavy atom. The SMILES string of the molecule is C[C@@H](c1ccc(OCC2CC2)cn1)C1(C(N)=O)CC1c1c(F)cc(F)cc1F. The van der Waals surface area contributed by atoms with Crippen LogP contribution in [0.5, 0.6) is 5.75 Å². The highest BCUT2D eigenvalue weighted by Crippen LogP contribution is 2.66. The Morgan fingerprint density at radius 2 is 1.96 bits per heavy atom. The molecule has 3 atom stereocenters. The molecule has 0 radical (unpaired) electrons. The molecule has 28 heavy (non-hydrogen) atoms. The van der Waals surface area contributed by atoms with Crippen LogP contribution in [0, 0.1) is 28.8 Å². The molecule has 2 aromatic rings. The summed E-state index contributed by atoms with van der Waals surface area (Å²) >= 11 is 0. The fraction of sp³-hybridized carbons (Fsp3) is 0.429. The van der Waals surface area contributed by atoms with Gasteiger partial charge in [-0.25, -0.2) is 13.2 Å². The third kappa shape index (κ3) is 3.23. The molecule has 0 aliphatic heterocycles. The van der Waals surface area contributed by atoms with Crippen molar-refractivity contribution < 1.29 is 22.7 Å². The standard InChI is InChI=1S/C21H21F3N2O2/c1-11(18-5-4-14(9-26-18)28-10-12-2-3-12)21(20(25)27)8-15(21)19-16(23)6-13(22)7-17(19)24/h4-7,9,11-12,15H,2-3,8,10H2,1H3,(H2,25,27)/t11-,15?,21?/m0/s1. The van der Waals surface area contributed by atoms with Gasteiger partial charge < -0.3 is 10.5 Å². The minimum absolute atomic E-state index is 0.185. The van der Waals surface area contributed by atoms with Crippen LogP contribution >= 0.6 is 0 Å². The van der Waals surface area contributed by atoms with Crippen molar-refractivity contribution in [3.63, 3.8) is 0 Å². The summed E-state index contributed by atoms with van der Waals surface area (Å²) in [5.74, 6) is -3.62. The van der Waals surface area contributed by atoms with Gasteiger partial charge in [0.25, 0.3) is 0 Å². The number of carbonyl (C=O) groups is 1. The minimum Gasteiger partial charge on any atom is -0.492 e. The lowest BCUT2D eigenvalue weighted by Crippen LogP contribution is -2.31. The van der Waals surface area contributed by atoms with Gasteiger partial charge in [0, 0.05) is 35.2 Å². The molecule has 0 spiro atoms. The zero-order chi connectivity index (χ0) is 20.1. The van der Waals surface area contributed by atoms with Crippen molar-refractivity contribution in [3.05, 3.63) is 59.2 Å². The Bertz CT molecular complexity index is 891. The van der Waals surface area contributed by atoms with Crippen LogP contribution in [0.15, 0.2) is 30.5 Å². The number of nitrogens with two attached hydrogens (primary N) is 1. The van der Waals surface area contributed by atoms with E-state index in [1.54, 1.807) is 25.3 Å². The maximum absolute atomic E-state index is 14.2. The highest BCUT2D eigenvalue weighted by molar-refractivity contribution is 5.87. The van der Waals surface area contributed by atoms with E-state index in [0.29, 0.717) is 36.1 Å². The topological polar surface area (TPSA) is 65.2 Å². The first-order chi connectivity index (χ1) is 13.3. The maximum atomic E-state index is 14.2. The van der Waals surface area contributed by atoms with Crippen molar-refractivity contribution in [1.29, 1.82) is 0 Å². The number of halogens is 3. The largest absolute Gasteiger partial charge is 0.492 e. The van der Waals surface area contributed by atoms with Crippen molar-refractivity contribution in [1.82, 2.24) is 4.98 Å². The summed E-state index contributed by atoms with van der Waals surface area (Å²) in [5, 5.41) is 0. The number of pyridine rings is 1. The van der Waals surface area contributed by atoms with Crippen LogP contribution in [-0.2, 0) is 4.79 Å². The number of rotatable bonds is 7. The predicted molar refractivity (Wildman–Crippen MR) is 96.2 cm³/mol. The van der Waals surface area contributed by atoms with Gasteiger partial charge in [0.05, 0.1) is 18.2 Å². The molecule has 0 saturated heterocycles. The molecule has 2 aliphatic carbocycles. The third-order valence-corrected chi connectivity index (χ3v) is 6.01. The average Bonchev–Trinajstić information content (AvgIpc) is 3.54. The summed E-state index contributed by atoms with van der Waals surface area (Å²) < 4.78 is 47.3. The summed E-state index contributed by atoms with van der Waals surface area (Å²) in [4.78, 5) is 16.6. The number of hydrogen-bond acceptors (Lipinski definition) is 3. The number of hydrogen-bond donors (Lipinski definition) is 1. The first-order valence-electron chi connectivity index (χ1n) is 9.36. The van der Waals surface area contributed by atoms with Gasteiger partial charge in [-0.1, -0.05) is 6.92 Å². The number of amides is 1. The molecular formula is C21H21F3N2O2. The van der Waals surface area contributed by atoms with E-state index in [-0.39, 0.29) is 12.0 Å². The van der Waals surface area contributed by atoms with Gasteiger partial charge in [0.2, 0.25) is 5.91 Å². The Hall–Kier alpha value is -2.57. The smallest absolute Gasteiger partial charge is 0.224 e. The lowest BCUT2D eigenvalue weighted by Gasteiger charge is -2.22. The van der Waals surface area contributed by atoms with E-state index in [1.165, 1.54) is 12.8 Å². The molecule has 1 aromatic heterocycles. The highest BCUT2D eigenvalue weighted by atomic mass is 19.1. The predicted octanol–water partition coefficient (Wildman–Crippen LogP) is 4.05. The first-order valence-corrected chi connectivity index (χ1v) is 9.36. The molecule has 0 bridgehead atoms. The fourth-order valence-electron chi connectivity index (χ4n) is 3.98. The van der Waals surface area contributed by atoms with E-state index in [2.05, 4.69) is 4.98 Å². The lowest BCUT2D eigenvalue weighted by molar-refractivity contribution is -0.124. The van der Waals surface area contributed by atoms with Crippen molar-refractivity contribution in [2.45, 2.75) is 38.0 Å². The molecule has 1 heterocycles. The average molecular weight is 390 g/mol. The van der Waals surface area contributed by atoms with Crippen LogP contribution in [0.3, 0.4) is 0 Å². The molecule has 1 amide bonds. The number of aromatic nitrogens is 1. The zero-order valence-electron chi connectivity index (χ0n) is 15.4. The zero-order valence-corrected chi connectivity index (χ0v) is 15.4. The highest BCUT2D eigenvalue weighted by Gasteiger charge is 2.64. The molecule has 2 fully saturated rings. The summed E-state index contributed by atoms with van der Waals surface area (Å²) in [6.45, 7) is 2.42. The van der Waals surface area contributed by atoms with Crippen LogP contribution < -0.4 is 10.5 Å². The van der Waals surface area contributed by atoms with Crippen LogP contribution in [0.2, 0.25) is 0 Å². The second-order valence-corrected chi connectivity index (χ2v) is 7.84. The lowest BCUT2D eigenvalue weighted by atomic mass is 9.83. The van der Waals surface area contributed by atoms with Gasteiger partial charge in [0.15, 0.2) is 0 Å². The Kier molecular flexibility index (Phi) is 4.56. The second-order valence-electron chi connectivity index (χ2n) is 7.84. The third-order valence-electron chi connectivity index (χ3n) is 6.01. The van der Waals surface area contributed by atoms with Crippen LogP contribution in [0.25, 0.3) is 0 Å². The van der Waals surface area contributed by atoms with Crippen LogP contribution in [0.1, 0.15) is 49.3 Å². The Labute approximate surface area is 160 Å². The normalized spacial score (nSPS) is 24.6. The molecule has 2 unspecified atom stereocenters. The van der Waals surface area contributed by atoms with Crippen molar-refractivity contribution >= 4 is 5.91 Å². The Morgan fingerprint density at radius 3 is 2.50 bits per heavy atom. The van der Waals surface area contributed by atoms with Gasteiger partial charge in [-0.15, -0.1) is 0 Å². The van der Waals surface area contributed by atoms with Gasteiger partial charge in [-0.05, 0) is 37.3 Å². The first kappa shape index (κ1) is 18.8. The van der Waals surface area contributed by atoms with E-state index in [0.717, 1.165) is 0 Å². The van der Waals surface area contributed by atoms with Gasteiger partial charge in [-0.3, -0.25) is 9.78 Å². The number of primary amides is 1. The number of carbonyl (C=O) groups excluding carboxylic acids is 1. The van der Waals surface area contributed by atoms with E-state index in [9.17, 15) is 18.0 Å². The summed E-state index contributed by atoms with van der Waals surface area (Å²) in [5.41, 5.74) is 4.76. The summed E-state index contributed by atoms with van der Waals surface area (Å²) in [6, 6.07) is 4.76. The molecular weight excluding hydrogens is 369 g/mol. The quantitative estimate of drug-likeness (QED) is 0.776. The fourth-order valence-corrected chi connectivity index (χ4v) is 3.98. The van der Waals surface area contributed by atoms with Crippen LogP contribution in [-0.4, -0.2) is 17.5 Å². The maximum Gasteiger partial charge on any atom is 0.224 e. The van der Waals surface area contributed by atoms with E-state index in [1.807, 2.05) is 0 Å². The molecule has 2 aliphatic rings. The molecule has 1 aromatic carbocycles. The second kappa shape index (κ2) is 6.79. The van der Waals surface area contributed by atoms with E-state index in [4.69, 9.17) is 10.5 Å². The van der Waals surface area contributed by atoms with Gasteiger partial charge in [0.1, 0.15) is 23.2 Å². The van der Waals surface area contributed by atoms with Crippen LogP contribution in [0.4, 0.5) is 13.2 Å².